The molecule has 4 rings (SSSR count). The van der Waals surface area contributed by atoms with Gasteiger partial charge in [-0.15, -0.1) is 0 Å². The molecule has 3 aromatic rings. The number of halogens is 1. The monoisotopic (exact) mass is 429 g/mol. The summed E-state index contributed by atoms with van der Waals surface area (Å²) in [5.41, 5.74) is 0.955. The number of benzene rings is 1. The summed E-state index contributed by atoms with van der Waals surface area (Å²) in [5.74, 6) is 0.882. The Kier molecular flexibility index (Phi) is 5.90. The average molecular weight is 430 g/mol. The number of pyridine rings is 1. The first-order chi connectivity index (χ1) is 13.7. The van der Waals surface area contributed by atoms with Gasteiger partial charge in [0.25, 0.3) is 0 Å². The lowest BCUT2D eigenvalue weighted by Gasteiger charge is -2.25. The Hall–Kier alpha value is -2.02. The molecule has 0 aliphatic carbocycles. The van der Waals surface area contributed by atoms with Crippen LogP contribution in [-0.2, 0) is 0 Å². The van der Waals surface area contributed by atoms with E-state index < -0.39 is 0 Å². The molecule has 7 heteroatoms. The third kappa shape index (κ3) is 4.04. The van der Waals surface area contributed by atoms with Gasteiger partial charge in [0, 0.05) is 22.7 Å². The lowest BCUT2D eigenvalue weighted by molar-refractivity contribution is 0.260. The lowest BCUT2D eigenvalue weighted by atomic mass is 10.0. The molecule has 1 N–H and O–H groups in total. The molecule has 2 atom stereocenters. The van der Waals surface area contributed by atoms with Crippen molar-refractivity contribution in [3.05, 3.63) is 77.3 Å². The second-order valence-corrected chi connectivity index (χ2v) is 8.43. The van der Waals surface area contributed by atoms with Gasteiger partial charge < -0.3 is 14.6 Å². The van der Waals surface area contributed by atoms with Gasteiger partial charge in [-0.25, -0.2) is 0 Å². The number of nitrogens with one attached hydrogen (secondary N) is 1. The van der Waals surface area contributed by atoms with Crippen LogP contribution in [0.5, 0.6) is 0 Å². The fraction of sp³-hybridized carbons (Fsp3) is 0.238. The first kappa shape index (κ1) is 19.3. The number of hydrogen-bond acceptors (Lipinski definition) is 4. The molecular weight excluding hydrogens is 410 g/mol. The van der Waals surface area contributed by atoms with Crippen molar-refractivity contribution < 1.29 is 4.42 Å². The normalized spacial score (nSPS) is 19.1. The van der Waals surface area contributed by atoms with Crippen LogP contribution < -0.4 is 5.32 Å². The first-order valence-corrected chi connectivity index (χ1v) is 10.8. The number of rotatable bonds is 6. The van der Waals surface area contributed by atoms with Gasteiger partial charge in [-0.2, -0.15) is 0 Å². The number of hydrogen-bond donors (Lipinski definition) is 1. The Morgan fingerprint density at radius 1 is 1.18 bits per heavy atom. The quantitative estimate of drug-likeness (QED) is 0.495. The highest BCUT2D eigenvalue weighted by atomic mass is 35.5. The van der Waals surface area contributed by atoms with Crippen LogP contribution in [0.4, 0.5) is 0 Å². The van der Waals surface area contributed by atoms with Crippen molar-refractivity contribution in [1.82, 2.24) is 15.2 Å². The van der Waals surface area contributed by atoms with E-state index in [2.05, 4.69) is 22.1 Å². The third-order valence-corrected chi connectivity index (χ3v) is 6.12. The summed E-state index contributed by atoms with van der Waals surface area (Å²) < 4.78 is 6.24. The Morgan fingerprint density at radius 3 is 2.71 bits per heavy atom. The molecule has 2 aromatic heterocycles. The molecule has 1 aliphatic rings. The van der Waals surface area contributed by atoms with E-state index in [0.717, 1.165) is 44.5 Å². The van der Waals surface area contributed by atoms with E-state index >= 15 is 0 Å². The van der Waals surface area contributed by atoms with E-state index in [1.807, 2.05) is 60.8 Å². The standard InChI is InChI=1S/C21H20ClN3OS2/c1-2-13-25-20(19(24-21(25)27)16-5-3-4-12-23-16)17-10-11-18(26-17)28-15-8-6-14(22)7-9-15/h3-12,19-20H,2,13H2,1H3,(H,24,27)/t19-,20+/m0/s1. The van der Waals surface area contributed by atoms with E-state index in [-0.39, 0.29) is 12.1 Å². The third-order valence-electron chi connectivity index (χ3n) is 4.59. The molecule has 0 amide bonds. The summed E-state index contributed by atoms with van der Waals surface area (Å²) in [6.07, 6.45) is 2.81. The summed E-state index contributed by atoms with van der Waals surface area (Å²) in [5, 5.41) is 5.74. The number of thiocarbonyl (C=S) groups is 1. The molecule has 28 heavy (non-hydrogen) atoms. The van der Waals surface area contributed by atoms with E-state index in [1.54, 1.807) is 11.8 Å². The van der Waals surface area contributed by atoms with Crippen molar-refractivity contribution >= 4 is 40.7 Å². The van der Waals surface area contributed by atoms with Crippen LogP contribution in [0.1, 0.15) is 36.9 Å². The molecule has 3 heterocycles. The zero-order chi connectivity index (χ0) is 19.5. The van der Waals surface area contributed by atoms with Gasteiger partial charge in [0.1, 0.15) is 11.8 Å². The first-order valence-electron chi connectivity index (χ1n) is 9.17. The van der Waals surface area contributed by atoms with Crippen LogP contribution in [0.15, 0.2) is 75.2 Å². The maximum atomic E-state index is 6.24. The topological polar surface area (TPSA) is 41.3 Å². The molecule has 0 unspecified atom stereocenters. The van der Waals surface area contributed by atoms with Crippen molar-refractivity contribution in [1.29, 1.82) is 0 Å². The molecule has 1 aliphatic heterocycles. The van der Waals surface area contributed by atoms with Crippen LogP contribution in [0.25, 0.3) is 0 Å². The summed E-state index contributed by atoms with van der Waals surface area (Å²) in [6.45, 7) is 3.01. The lowest BCUT2D eigenvalue weighted by Crippen LogP contribution is -2.30. The zero-order valence-corrected chi connectivity index (χ0v) is 17.7. The molecule has 0 bridgehead atoms. The van der Waals surface area contributed by atoms with Crippen molar-refractivity contribution in [3.8, 4) is 0 Å². The van der Waals surface area contributed by atoms with Crippen LogP contribution in [-0.4, -0.2) is 21.5 Å². The second kappa shape index (κ2) is 8.55. The zero-order valence-electron chi connectivity index (χ0n) is 15.3. The van der Waals surface area contributed by atoms with Gasteiger partial charge in [0.2, 0.25) is 0 Å². The molecule has 0 saturated carbocycles. The second-order valence-electron chi connectivity index (χ2n) is 6.53. The van der Waals surface area contributed by atoms with Gasteiger partial charge >= 0.3 is 0 Å². The molecule has 1 saturated heterocycles. The number of aromatic nitrogens is 1. The summed E-state index contributed by atoms with van der Waals surface area (Å²) in [6, 6.07) is 17.7. The molecule has 1 fully saturated rings. The fourth-order valence-corrected chi connectivity index (χ4v) is 4.60. The maximum absolute atomic E-state index is 6.24. The van der Waals surface area contributed by atoms with Gasteiger partial charge in [0.15, 0.2) is 10.2 Å². The average Bonchev–Trinajstić information content (AvgIpc) is 3.29. The molecule has 1 aromatic carbocycles. The van der Waals surface area contributed by atoms with Gasteiger partial charge in [-0.1, -0.05) is 36.4 Å². The molecular formula is C21H20ClN3OS2. The van der Waals surface area contributed by atoms with Crippen molar-refractivity contribution in [2.75, 3.05) is 6.54 Å². The smallest absolute Gasteiger partial charge is 0.170 e. The maximum Gasteiger partial charge on any atom is 0.170 e. The Morgan fingerprint density at radius 2 is 2.00 bits per heavy atom. The summed E-state index contributed by atoms with van der Waals surface area (Å²) in [7, 11) is 0. The highest BCUT2D eigenvalue weighted by Gasteiger charge is 2.41. The number of furan rings is 1. The minimum atomic E-state index is -0.0419. The number of nitrogens with zero attached hydrogens (tertiary/aromatic N) is 2. The van der Waals surface area contributed by atoms with Gasteiger partial charge in [-0.05, 0) is 67.2 Å². The Labute approximate surface area is 179 Å². The van der Waals surface area contributed by atoms with Crippen LogP contribution in [0.2, 0.25) is 5.02 Å². The van der Waals surface area contributed by atoms with Crippen molar-refractivity contribution in [3.63, 3.8) is 0 Å². The Bertz CT molecular complexity index is 946. The predicted octanol–water partition coefficient (Wildman–Crippen LogP) is 5.86. The van der Waals surface area contributed by atoms with Gasteiger partial charge in [0.05, 0.1) is 11.7 Å². The highest BCUT2D eigenvalue weighted by Crippen LogP contribution is 2.41. The SMILES string of the molecule is CCCN1C(=S)N[C@@H](c2ccccn2)[C@H]1c1ccc(Sc2ccc(Cl)cc2)o1. The summed E-state index contributed by atoms with van der Waals surface area (Å²) in [4.78, 5) is 7.82. The molecule has 0 radical (unpaired) electrons. The molecule has 4 nitrogen and oxygen atoms in total. The van der Waals surface area contributed by atoms with Crippen LogP contribution in [0, 0.1) is 0 Å². The fourth-order valence-electron chi connectivity index (χ4n) is 3.36. The minimum Gasteiger partial charge on any atom is -0.452 e. The summed E-state index contributed by atoms with van der Waals surface area (Å²) >= 11 is 13.2. The minimum absolute atomic E-state index is 0.0260. The van der Waals surface area contributed by atoms with E-state index in [1.165, 1.54) is 0 Å². The van der Waals surface area contributed by atoms with Crippen molar-refractivity contribution in [2.24, 2.45) is 0 Å². The van der Waals surface area contributed by atoms with E-state index in [0.29, 0.717) is 0 Å². The van der Waals surface area contributed by atoms with Crippen LogP contribution in [0.3, 0.4) is 0 Å². The van der Waals surface area contributed by atoms with Crippen LogP contribution >= 0.6 is 35.6 Å². The molecule has 0 spiro atoms. The van der Waals surface area contributed by atoms with Crippen molar-refractivity contribution in [2.45, 2.75) is 35.4 Å². The highest BCUT2D eigenvalue weighted by molar-refractivity contribution is 7.99. The Balaban J connectivity index is 1.63. The van der Waals surface area contributed by atoms with E-state index in [9.17, 15) is 0 Å². The van der Waals surface area contributed by atoms with E-state index in [4.69, 9.17) is 28.2 Å². The van der Waals surface area contributed by atoms with Gasteiger partial charge in [-0.3, -0.25) is 4.98 Å². The predicted molar refractivity (Wildman–Crippen MR) is 117 cm³/mol. The molecule has 144 valence electrons. The largest absolute Gasteiger partial charge is 0.452 e.